The fraction of sp³-hybridized carbons (Fsp3) is 0.250. The molecule has 2 aromatic rings. The van der Waals surface area contributed by atoms with Crippen molar-refractivity contribution in [3.63, 3.8) is 0 Å². The Morgan fingerprint density at radius 2 is 1.93 bits per heavy atom. The molecule has 1 aromatic carbocycles. The van der Waals surface area contributed by atoms with Crippen molar-refractivity contribution in [1.29, 1.82) is 0 Å². The molecule has 0 fully saturated rings. The van der Waals surface area contributed by atoms with Crippen LogP contribution in [-0.4, -0.2) is 14.9 Å². The summed E-state index contributed by atoms with van der Waals surface area (Å²) in [6.45, 7) is 1.98. The monoisotopic (exact) mass is 202 g/mol. The van der Waals surface area contributed by atoms with Gasteiger partial charge in [-0.3, -0.25) is 4.68 Å². The number of aryl methyl sites for hydroxylation is 2. The van der Waals surface area contributed by atoms with Crippen LogP contribution in [0, 0.1) is 0 Å². The third-order valence-corrected chi connectivity index (χ3v) is 2.47. The lowest BCUT2D eigenvalue weighted by molar-refractivity contribution is 0.470. The molecule has 0 aliphatic carbocycles. The van der Waals surface area contributed by atoms with E-state index in [2.05, 4.69) is 5.10 Å². The first-order valence-electron chi connectivity index (χ1n) is 5.04. The summed E-state index contributed by atoms with van der Waals surface area (Å²) in [5.41, 5.74) is 2.52. The van der Waals surface area contributed by atoms with E-state index in [1.165, 1.54) is 0 Å². The van der Waals surface area contributed by atoms with Gasteiger partial charge in [0.1, 0.15) is 11.4 Å². The highest BCUT2D eigenvalue weighted by Gasteiger charge is 2.14. The normalized spacial score (nSPS) is 10.5. The lowest BCUT2D eigenvalue weighted by atomic mass is 10.1. The second-order valence-corrected chi connectivity index (χ2v) is 3.49. The number of hydrogen-bond donors (Lipinski definition) is 1. The van der Waals surface area contributed by atoms with Gasteiger partial charge in [-0.05, 0) is 6.42 Å². The molecule has 0 saturated carbocycles. The number of aromatic nitrogens is 2. The predicted molar refractivity (Wildman–Crippen MR) is 59.7 cm³/mol. The highest BCUT2D eigenvalue weighted by molar-refractivity contribution is 5.67. The molecule has 2 rings (SSSR count). The zero-order valence-electron chi connectivity index (χ0n) is 8.94. The maximum Gasteiger partial charge on any atom is 0.164 e. The first-order chi connectivity index (χ1) is 7.24. The van der Waals surface area contributed by atoms with E-state index in [1.54, 1.807) is 4.68 Å². The molecular weight excluding hydrogens is 188 g/mol. The van der Waals surface area contributed by atoms with Crippen LogP contribution < -0.4 is 0 Å². The smallest absolute Gasteiger partial charge is 0.164 e. The summed E-state index contributed by atoms with van der Waals surface area (Å²) < 4.78 is 1.73. The molecule has 1 aromatic heterocycles. The van der Waals surface area contributed by atoms with Gasteiger partial charge in [-0.25, -0.2) is 0 Å². The topological polar surface area (TPSA) is 38.0 Å². The highest BCUT2D eigenvalue weighted by atomic mass is 16.3. The molecule has 0 aliphatic heterocycles. The molecule has 0 aliphatic rings. The molecule has 0 bridgehead atoms. The van der Waals surface area contributed by atoms with Crippen molar-refractivity contribution >= 4 is 0 Å². The van der Waals surface area contributed by atoms with Gasteiger partial charge in [-0.1, -0.05) is 37.3 Å². The highest BCUT2D eigenvalue weighted by Crippen LogP contribution is 2.31. The minimum Gasteiger partial charge on any atom is -0.504 e. The van der Waals surface area contributed by atoms with Gasteiger partial charge >= 0.3 is 0 Å². The summed E-state index contributed by atoms with van der Waals surface area (Å²) >= 11 is 0. The quantitative estimate of drug-likeness (QED) is 0.811. The van der Waals surface area contributed by atoms with E-state index in [9.17, 15) is 5.11 Å². The molecular formula is C12H14N2O. The third-order valence-electron chi connectivity index (χ3n) is 2.47. The Bertz CT molecular complexity index is 460. The number of aromatic hydroxyl groups is 1. The van der Waals surface area contributed by atoms with Gasteiger partial charge in [0.25, 0.3) is 0 Å². The summed E-state index contributed by atoms with van der Waals surface area (Å²) in [4.78, 5) is 0. The summed E-state index contributed by atoms with van der Waals surface area (Å²) in [6.07, 6.45) is 0.743. The van der Waals surface area contributed by atoms with E-state index in [0.29, 0.717) is 5.75 Å². The van der Waals surface area contributed by atoms with Gasteiger partial charge in [0.15, 0.2) is 5.75 Å². The van der Waals surface area contributed by atoms with Gasteiger partial charge in [-0.2, -0.15) is 5.10 Å². The summed E-state index contributed by atoms with van der Waals surface area (Å²) in [5, 5.41) is 14.3. The largest absolute Gasteiger partial charge is 0.504 e. The second kappa shape index (κ2) is 3.77. The van der Waals surface area contributed by atoms with Crippen molar-refractivity contribution < 1.29 is 5.11 Å². The molecule has 1 heterocycles. The van der Waals surface area contributed by atoms with Crippen molar-refractivity contribution in [3.8, 4) is 17.0 Å². The molecule has 0 atom stereocenters. The van der Waals surface area contributed by atoms with E-state index in [-0.39, 0.29) is 0 Å². The number of hydrogen-bond acceptors (Lipinski definition) is 2. The Kier molecular flexibility index (Phi) is 2.46. The first kappa shape index (κ1) is 9.77. The predicted octanol–water partition coefficient (Wildman–Crippen LogP) is 2.36. The Labute approximate surface area is 89.0 Å². The summed E-state index contributed by atoms with van der Waals surface area (Å²) in [5.74, 6) is 0.297. The average Bonchev–Trinajstić information content (AvgIpc) is 2.55. The summed E-state index contributed by atoms with van der Waals surface area (Å²) in [7, 11) is 1.85. The molecule has 0 amide bonds. The second-order valence-electron chi connectivity index (χ2n) is 3.49. The van der Waals surface area contributed by atoms with Crippen molar-refractivity contribution in [2.24, 2.45) is 7.05 Å². The minimum absolute atomic E-state index is 0.297. The van der Waals surface area contributed by atoms with Crippen LogP contribution in [0.25, 0.3) is 11.3 Å². The lowest BCUT2D eigenvalue weighted by Gasteiger charge is -2.01. The standard InChI is InChI=1S/C12H14N2O/c1-3-10-12(15)11(14(2)13-10)9-7-5-4-6-8-9/h4-8,15H,3H2,1-2H3. The fourth-order valence-corrected chi connectivity index (χ4v) is 1.73. The minimum atomic E-state index is 0.297. The van der Waals surface area contributed by atoms with Crippen LogP contribution >= 0.6 is 0 Å². The van der Waals surface area contributed by atoms with E-state index in [0.717, 1.165) is 23.4 Å². The van der Waals surface area contributed by atoms with Crippen LogP contribution in [0.4, 0.5) is 0 Å². The van der Waals surface area contributed by atoms with E-state index in [1.807, 2.05) is 44.3 Å². The third kappa shape index (κ3) is 1.61. The molecule has 3 nitrogen and oxygen atoms in total. The van der Waals surface area contributed by atoms with Crippen molar-refractivity contribution in [2.75, 3.05) is 0 Å². The zero-order chi connectivity index (χ0) is 10.8. The molecule has 0 spiro atoms. The average molecular weight is 202 g/mol. The van der Waals surface area contributed by atoms with Crippen molar-refractivity contribution in [3.05, 3.63) is 36.0 Å². The van der Waals surface area contributed by atoms with Crippen LogP contribution in [0.3, 0.4) is 0 Å². The molecule has 1 N–H and O–H groups in total. The summed E-state index contributed by atoms with van der Waals surface area (Å²) in [6, 6.07) is 9.80. The van der Waals surface area contributed by atoms with Crippen LogP contribution in [-0.2, 0) is 13.5 Å². The maximum atomic E-state index is 9.98. The molecule has 0 saturated heterocycles. The Morgan fingerprint density at radius 1 is 1.27 bits per heavy atom. The number of nitrogens with zero attached hydrogens (tertiary/aromatic N) is 2. The lowest BCUT2D eigenvalue weighted by Crippen LogP contribution is -1.93. The van der Waals surface area contributed by atoms with Gasteiger partial charge in [0.05, 0.1) is 0 Å². The maximum absolute atomic E-state index is 9.98. The SMILES string of the molecule is CCc1nn(C)c(-c2ccccc2)c1O. The van der Waals surface area contributed by atoms with Crippen LogP contribution in [0.1, 0.15) is 12.6 Å². The molecule has 78 valence electrons. The van der Waals surface area contributed by atoms with Crippen LogP contribution in [0.15, 0.2) is 30.3 Å². The first-order valence-corrected chi connectivity index (χ1v) is 5.04. The Hall–Kier alpha value is -1.77. The van der Waals surface area contributed by atoms with E-state index >= 15 is 0 Å². The van der Waals surface area contributed by atoms with Crippen LogP contribution in [0.2, 0.25) is 0 Å². The van der Waals surface area contributed by atoms with Gasteiger partial charge in [0.2, 0.25) is 0 Å². The Balaban J connectivity index is 2.58. The Morgan fingerprint density at radius 3 is 2.47 bits per heavy atom. The van der Waals surface area contributed by atoms with Crippen LogP contribution in [0.5, 0.6) is 5.75 Å². The molecule has 15 heavy (non-hydrogen) atoms. The molecule has 3 heteroatoms. The van der Waals surface area contributed by atoms with Gasteiger partial charge in [-0.15, -0.1) is 0 Å². The van der Waals surface area contributed by atoms with Crippen molar-refractivity contribution in [2.45, 2.75) is 13.3 Å². The molecule has 0 radical (unpaired) electrons. The van der Waals surface area contributed by atoms with Crippen molar-refractivity contribution in [1.82, 2.24) is 9.78 Å². The van der Waals surface area contributed by atoms with E-state index < -0.39 is 0 Å². The van der Waals surface area contributed by atoms with Gasteiger partial charge in [0, 0.05) is 12.6 Å². The molecule has 0 unspecified atom stereocenters. The zero-order valence-corrected chi connectivity index (χ0v) is 8.94. The number of benzene rings is 1. The number of rotatable bonds is 2. The van der Waals surface area contributed by atoms with E-state index in [4.69, 9.17) is 0 Å². The fourth-order valence-electron chi connectivity index (χ4n) is 1.73. The van der Waals surface area contributed by atoms with Gasteiger partial charge < -0.3 is 5.11 Å².